The van der Waals surface area contributed by atoms with Crippen LogP contribution in [0.4, 0.5) is 11.5 Å². The topological polar surface area (TPSA) is 78.4 Å². The van der Waals surface area contributed by atoms with Gasteiger partial charge < -0.3 is 15.1 Å². The number of pyridine rings is 2. The average molecular weight is 510 g/mol. The standard InChI is InChI=1S/C29H27N5O2S/c1-33(18-19-6-5-14-30-17-19)26-10-4-8-23(32-26)29(36)34-15-13-20-16-25(28(35)31-21-11-12-21)37-27(20)22-7-2-3-9-24(22)34/h2-10,14,16-17,21H,11-13,15,18H2,1H3,(H,31,35). The van der Waals surface area contributed by atoms with E-state index in [1.165, 1.54) is 11.3 Å². The van der Waals surface area contributed by atoms with Crippen LogP contribution in [0, 0.1) is 0 Å². The summed E-state index contributed by atoms with van der Waals surface area (Å²) in [5.74, 6) is 0.594. The third-order valence-electron chi connectivity index (χ3n) is 6.72. The van der Waals surface area contributed by atoms with E-state index in [2.05, 4.69) is 10.3 Å². The van der Waals surface area contributed by atoms with E-state index in [4.69, 9.17) is 4.98 Å². The van der Waals surface area contributed by atoms with Gasteiger partial charge in [0.2, 0.25) is 0 Å². The lowest BCUT2D eigenvalue weighted by Gasteiger charge is -2.24. The van der Waals surface area contributed by atoms with Crippen molar-refractivity contribution in [1.29, 1.82) is 0 Å². The van der Waals surface area contributed by atoms with Crippen molar-refractivity contribution in [3.8, 4) is 10.4 Å². The van der Waals surface area contributed by atoms with Crippen LogP contribution >= 0.6 is 11.3 Å². The zero-order valence-electron chi connectivity index (χ0n) is 20.6. The molecule has 0 atom stereocenters. The molecule has 0 bridgehead atoms. The highest BCUT2D eigenvalue weighted by molar-refractivity contribution is 7.17. The number of aromatic nitrogens is 2. The van der Waals surface area contributed by atoms with Crippen molar-refractivity contribution in [3.05, 3.63) is 94.8 Å². The molecule has 2 amide bonds. The van der Waals surface area contributed by atoms with Crippen molar-refractivity contribution in [2.45, 2.75) is 31.8 Å². The first kappa shape index (κ1) is 23.4. The highest BCUT2D eigenvalue weighted by Crippen LogP contribution is 2.42. The molecule has 4 aromatic rings. The van der Waals surface area contributed by atoms with Crippen LogP contribution in [-0.4, -0.2) is 41.4 Å². The Morgan fingerprint density at radius 2 is 1.97 bits per heavy atom. The van der Waals surface area contributed by atoms with Crippen LogP contribution in [0.3, 0.4) is 0 Å². The molecule has 7 nitrogen and oxygen atoms in total. The number of carbonyl (C=O) groups excluding carboxylic acids is 2. The van der Waals surface area contributed by atoms with Gasteiger partial charge in [0.15, 0.2) is 0 Å². The van der Waals surface area contributed by atoms with E-state index in [0.717, 1.165) is 50.8 Å². The van der Waals surface area contributed by atoms with Crippen LogP contribution in [0.5, 0.6) is 0 Å². The van der Waals surface area contributed by atoms with E-state index < -0.39 is 0 Å². The predicted octanol–water partition coefficient (Wildman–Crippen LogP) is 4.94. The zero-order chi connectivity index (χ0) is 25.4. The Morgan fingerprint density at radius 1 is 1.11 bits per heavy atom. The first-order valence-electron chi connectivity index (χ1n) is 12.5. The van der Waals surface area contributed by atoms with Crippen LogP contribution in [-0.2, 0) is 13.0 Å². The summed E-state index contributed by atoms with van der Waals surface area (Å²) in [4.78, 5) is 41.0. The number of benzene rings is 1. The molecule has 4 heterocycles. The van der Waals surface area contributed by atoms with Gasteiger partial charge in [0.1, 0.15) is 11.5 Å². The van der Waals surface area contributed by atoms with Gasteiger partial charge in [-0.1, -0.05) is 30.3 Å². The van der Waals surface area contributed by atoms with E-state index in [1.54, 1.807) is 12.3 Å². The maximum Gasteiger partial charge on any atom is 0.276 e. The zero-order valence-corrected chi connectivity index (χ0v) is 21.4. The van der Waals surface area contributed by atoms with Gasteiger partial charge in [-0.3, -0.25) is 14.6 Å². The number of anilines is 2. The second-order valence-electron chi connectivity index (χ2n) is 9.54. The molecule has 0 saturated heterocycles. The number of fused-ring (bicyclic) bond motifs is 3. The summed E-state index contributed by atoms with van der Waals surface area (Å²) in [6.45, 7) is 1.16. The van der Waals surface area contributed by atoms with Gasteiger partial charge in [0, 0.05) is 49.0 Å². The smallest absolute Gasteiger partial charge is 0.276 e. The summed E-state index contributed by atoms with van der Waals surface area (Å²) < 4.78 is 0. The Morgan fingerprint density at radius 3 is 2.78 bits per heavy atom. The SMILES string of the molecule is CN(Cc1cccnc1)c1cccc(C(=O)N2CCc3cc(C(=O)NC4CC4)sc3-c3ccccc32)n1. The number of hydrogen-bond acceptors (Lipinski definition) is 6. The molecule has 1 saturated carbocycles. The van der Waals surface area contributed by atoms with Crippen molar-refractivity contribution in [2.75, 3.05) is 23.4 Å². The fourth-order valence-corrected chi connectivity index (χ4v) is 5.79. The first-order chi connectivity index (χ1) is 18.1. The molecule has 8 heteroatoms. The van der Waals surface area contributed by atoms with Crippen LogP contribution in [0.25, 0.3) is 10.4 Å². The fraction of sp³-hybridized carbons (Fsp3) is 0.241. The predicted molar refractivity (Wildman–Crippen MR) is 146 cm³/mol. The molecule has 0 spiro atoms. The van der Waals surface area contributed by atoms with Crippen LogP contribution in [0.1, 0.15) is 44.1 Å². The second-order valence-corrected chi connectivity index (χ2v) is 10.6. The third-order valence-corrected chi connectivity index (χ3v) is 7.93. The van der Waals surface area contributed by atoms with E-state index in [1.807, 2.05) is 77.6 Å². The second kappa shape index (κ2) is 9.78. The quantitative estimate of drug-likeness (QED) is 0.399. The van der Waals surface area contributed by atoms with Crippen LogP contribution in [0.15, 0.2) is 73.1 Å². The molecule has 37 heavy (non-hydrogen) atoms. The lowest BCUT2D eigenvalue weighted by molar-refractivity contribution is 0.0952. The molecule has 2 aliphatic rings. The minimum absolute atomic E-state index is 0.00223. The normalized spacial score (nSPS) is 14.4. The molecular weight excluding hydrogens is 482 g/mol. The summed E-state index contributed by atoms with van der Waals surface area (Å²) in [5.41, 5.74) is 4.40. The highest BCUT2D eigenvalue weighted by atomic mass is 32.1. The number of nitrogens with one attached hydrogen (secondary N) is 1. The number of carbonyl (C=O) groups is 2. The molecule has 6 rings (SSSR count). The summed E-state index contributed by atoms with van der Waals surface area (Å²) in [6.07, 6.45) is 6.38. The lowest BCUT2D eigenvalue weighted by Crippen LogP contribution is -2.33. The minimum Gasteiger partial charge on any atom is -0.355 e. The van der Waals surface area contributed by atoms with E-state index in [9.17, 15) is 9.59 Å². The Bertz CT molecular complexity index is 1460. The molecule has 1 aromatic carbocycles. The van der Waals surface area contributed by atoms with Gasteiger partial charge >= 0.3 is 0 Å². The summed E-state index contributed by atoms with van der Waals surface area (Å²) in [6, 6.07) is 19.7. The third kappa shape index (κ3) is 4.84. The molecule has 1 aliphatic carbocycles. The maximum atomic E-state index is 13.8. The number of thiophene rings is 1. The van der Waals surface area contributed by atoms with Crippen LogP contribution < -0.4 is 15.1 Å². The van der Waals surface area contributed by atoms with Crippen molar-refractivity contribution in [2.24, 2.45) is 0 Å². The molecule has 1 fully saturated rings. The van der Waals surface area contributed by atoms with Crippen molar-refractivity contribution >= 4 is 34.7 Å². The molecule has 1 N–H and O–H groups in total. The number of hydrogen-bond donors (Lipinski definition) is 1. The van der Waals surface area contributed by atoms with Gasteiger partial charge in [0.25, 0.3) is 11.8 Å². The molecule has 0 unspecified atom stereocenters. The van der Waals surface area contributed by atoms with E-state index >= 15 is 0 Å². The number of nitrogens with zero attached hydrogens (tertiary/aromatic N) is 4. The Labute approximate surface area is 219 Å². The Kier molecular flexibility index (Phi) is 6.18. The summed E-state index contributed by atoms with van der Waals surface area (Å²) >= 11 is 1.51. The molecule has 3 aromatic heterocycles. The summed E-state index contributed by atoms with van der Waals surface area (Å²) in [5, 5.41) is 3.09. The van der Waals surface area contributed by atoms with Gasteiger partial charge in [-0.05, 0) is 60.7 Å². The molecule has 1 aliphatic heterocycles. The number of amides is 2. The van der Waals surface area contributed by atoms with Gasteiger partial charge in [0.05, 0.1) is 10.6 Å². The van der Waals surface area contributed by atoms with Gasteiger partial charge in [-0.15, -0.1) is 11.3 Å². The fourth-order valence-electron chi connectivity index (χ4n) is 4.64. The lowest BCUT2D eigenvalue weighted by atomic mass is 10.1. The first-order valence-corrected chi connectivity index (χ1v) is 13.3. The van der Waals surface area contributed by atoms with Crippen LogP contribution in [0.2, 0.25) is 0 Å². The van der Waals surface area contributed by atoms with Gasteiger partial charge in [-0.2, -0.15) is 0 Å². The average Bonchev–Trinajstić information content (AvgIpc) is 3.67. The maximum absolute atomic E-state index is 13.8. The molecule has 0 radical (unpaired) electrons. The largest absolute Gasteiger partial charge is 0.355 e. The van der Waals surface area contributed by atoms with Crippen molar-refractivity contribution in [3.63, 3.8) is 0 Å². The van der Waals surface area contributed by atoms with E-state index in [0.29, 0.717) is 31.2 Å². The number of para-hydroxylation sites is 1. The molecular formula is C29H27N5O2S. The molecule has 186 valence electrons. The Hall–Kier alpha value is -4.04. The van der Waals surface area contributed by atoms with Crippen molar-refractivity contribution in [1.82, 2.24) is 15.3 Å². The Balaban J connectivity index is 1.27. The summed E-state index contributed by atoms with van der Waals surface area (Å²) in [7, 11) is 1.96. The van der Waals surface area contributed by atoms with Gasteiger partial charge in [-0.25, -0.2) is 4.98 Å². The highest BCUT2D eigenvalue weighted by Gasteiger charge is 2.29. The minimum atomic E-state index is -0.133. The van der Waals surface area contributed by atoms with E-state index in [-0.39, 0.29) is 11.8 Å². The van der Waals surface area contributed by atoms with Crippen molar-refractivity contribution < 1.29 is 9.59 Å². The monoisotopic (exact) mass is 509 g/mol. The number of rotatable bonds is 6.